The molecule has 0 aromatic rings. The van der Waals surface area contributed by atoms with Gasteiger partial charge in [-0.3, -0.25) is 9.35 Å². The van der Waals surface area contributed by atoms with E-state index >= 15 is 0 Å². The summed E-state index contributed by atoms with van der Waals surface area (Å²) >= 11 is 0. The van der Waals surface area contributed by atoms with Crippen molar-refractivity contribution in [1.29, 1.82) is 0 Å². The maximum absolute atomic E-state index is 12.1. The molecule has 2 aliphatic heterocycles. The fourth-order valence-electron chi connectivity index (χ4n) is 4.05. The fourth-order valence-corrected chi connectivity index (χ4v) is 4.57. The van der Waals surface area contributed by atoms with Crippen molar-refractivity contribution < 1.29 is 102 Å². The second-order valence-corrected chi connectivity index (χ2v) is 10.2. The van der Waals surface area contributed by atoms with E-state index < -0.39 is 127 Å². The summed E-state index contributed by atoms with van der Waals surface area (Å²) in [6, 6.07) is -2.03. The summed E-state index contributed by atoms with van der Waals surface area (Å²) in [5, 5.41) is 100. The monoisotopic (exact) mass is 653 g/mol. The maximum Gasteiger partial charge on any atom is 0.397 e. The van der Waals surface area contributed by atoms with Crippen LogP contribution in [0.5, 0.6) is 0 Å². The van der Waals surface area contributed by atoms with Crippen LogP contribution in [-0.4, -0.2) is 169 Å². The summed E-state index contributed by atoms with van der Waals surface area (Å²) in [7, 11) is -5.48. The van der Waals surface area contributed by atoms with Crippen LogP contribution < -0.4 is 5.32 Å². The Hall–Kier alpha value is -2.78. The summed E-state index contributed by atoms with van der Waals surface area (Å²) < 4.78 is 58.1. The molecule has 2 heterocycles. The zero-order valence-corrected chi connectivity index (χ0v) is 22.6. The minimum Gasteiger partial charge on any atom is -0.506 e. The van der Waals surface area contributed by atoms with Gasteiger partial charge in [-0.1, -0.05) is 0 Å². The van der Waals surface area contributed by atoms with Gasteiger partial charge >= 0.3 is 22.3 Å². The highest BCUT2D eigenvalue weighted by Crippen LogP contribution is 2.33. The molecule has 12 N–H and O–H groups in total. The van der Waals surface area contributed by atoms with E-state index in [0.717, 1.165) is 6.92 Å². The molecule has 0 spiro atoms. The average molecular weight is 654 g/mol. The zero-order valence-electron chi connectivity index (χ0n) is 21.8. The van der Waals surface area contributed by atoms with Gasteiger partial charge in [0.1, 0.15) is 54.9 Å². The molecule has 0 saturated carbocycles. The van der Waals surface area contributed by atoms with E-state index in [4.69, 9.17) is 24.1 Å². The van der Waals surface area contributed by atoms with Gasteiger partial charge in [0.2, 0.25) is 18.0 Å². The van der Waals surface area contributed by atoms with Gasteiger partial charge in [0, 0.05) is 6.92 Å². The molecule has 0 bridgehead atoms. The molecule has 248 valence electrons. The number of hydrogen-bond donors (Lipinski definition) is 12. The number of rotatable bonds is 14. The topological polar surface area (TPSA) is 366 Å². The van der Waals surface area contributed by atoms with Crippen LogP contribution >= 0.6 is 0 Å². The molecule has 1 amide bonds. The van der Waals surface area contributed by atoms with E-state index in [2.05, 4.69) is 9.50 Å². The van der Waals surface area contributed by atoms with Crippen LogP contribution in [0.15, 0.2) is 11.5 Å². The Morgan fingerprint density at radius 1 is 1.05 bits per heavy atom. The molecule has 0 aromatic carbocycles. The molecule has 43 heavy (non-hydrogen) atoms. The normalized spacial score (nSPS) is 32.7. The highest BCUT2D eigenvalue weighted by atomic mass is 32.3. The van der Waals surface area contributed by atoms with Gasteiger partial charge in [0.05, 0.1) is 13.2 Å². The summed E-state index contributed by atoms with van der Waals surface area (Å²) in [6.07, 6.45) is -25.4. The first-order valence-corrected chi connectivity index (χ1v) is 13.3. The Bertz CT molecular complexity index is 1150. The quantitative estimate of drug-likeness (QED) is 0.0775. The number of nitrogens with one attached hydrogen (secondary N) is 1. The number of carboxylic acids is 2. The van der Waals surface area contributed by atoms with Crippen molar-refractivity contribution in [1.82, 2.24) is 5.32 Å². The number of aliphatic carboxylic acids is 2. The molecular weight excluding hydrogens is 622 g/mol. The van der Waals surface area contributed by atoms with Crippen molar-refractivity contribution in [2.75, 3.05) is 13.2 Å². The molecular formula is C20H31NO21S. The average Bonchev–Trinajstić information content (AvgIpc) is 2.91. The SMILES string of the molecule is CC(=O)N[C@H]1[C@H](O[C@@H]([C@H](O)[C@@H](O)CO)[C@H](O)C(=O)O)O[C@H](CO)[C@H](OS(=O)(=O)O)[C@@H]1O[C@@H]1OC(C(=O)O)=C(O)[C@H](O)[C@H]1O. The van der Waals surface area contributed by atoms with Gasteiger partial charge in [0.15, 0.2) is 18.2 Å². The fraction of sp³-hybridized carbons (Fsp3) is 0.750. The third kappa shape index (κ3) is 8.88. The zero-order chi connectivity index (χ0) is 33.0. The first-order chi connectivity index (χ1) is 19.8. The number of carbonyl (C=O) groups excluding carboxylic acids is 1. The van der Waals surface area contributed by atoms with Crippen molar-refractivity contribution in [3.63, 3.8) is 0 Å². The smallest absolute Gasteiger partial charge is 0.397 e. The number of aliphatic hydroxyl groups excluding tert-OH is 8. The highest BCUT2D eigenvalue weighted by molar-refractivity contribution is 7.80. The summed E-state index contributed by atoms with van der Waals surface area (Å²) in [6.45, 7) is -1.56. The Morgan fingerprint density at radius 2 is 1.65 bits per heavy atom. The molecule has 1 fully saturated rings. The van der Waals surface area contributed by atoms with Crippen LogP contribution in [0, 0.1) is 0 Å². The number of carbonyl (C=O) groups is 3. The Balaban J connectivity index is 2.66. The van der Waals surface area contributed by atoms with Crippen molar-refractivity contribution in [2.24, 2.45) is 0 Å². The molecule has 12 atom stereocenters. The lowest BCUT2D eigenvalue weighted by molar-refractivity contribution is -0.324. The van der Waals surface area contributed by atoms with E-state index in [1.165, 1.54) is 0 Å². The predicted molar refractivity (Wildman–Crippen MR) is 126 cm³/mol. The Morgan fingerprint density at radius 3 is 2.12 bits per heavy atom. The van der Waals surface area contributed by atoms with Crippen molar-refractivity contribution in [2.45, 2.75) is 80.5 Å². The molecule has 2 aliphatic rings. The van der Waals surface area contributed by atoms with Crippen LogP contribution in [0.3, 0.4) is 0 Å². The number of amides is 1. The summed E-state index contributed by atoms with van der Waals surface area (Å²) in [5.74, 6) is -7.74. The molecule has 0 aromatic heterocycles. The third-order valence-electron chi connectivity index (χ3n) is 6.04. The predicted octanol–water partition coefficient (Wildman–Crippen LogP) is -6.74. The summed E-state index contributed by atoms with van der Waals surface area (Å²) in [4.78, 5) is 35.1. The van der Waals surface area contributed by atoms with Gasteiger partial charge in [-0.2, -0.15) is 8.42 Å². The largest absolute Gasteiger partial charge is 0.506 e. The standard InChI is InChI=1S/C20H31NO21S/c1-4(24)21-7-14(39-20-11(29)9(27)10(28)16(41-20)18(33)34)13(42-43(35,36)37)6(3-23)38-19(7)40-15(12(30)17(31)32)8(26)5(25)2-22/h5-9,11-15,19-20,22-23,25-30H,2-3H2,1H3,(H,21,24)(H,31,32)(H,33,34)(H,35,36,37)/t5-,6+,7+,8+,9-,11+,12-,13-,14+,15-,19-,20+/m0/s1. The lowest BCUT2D eigenvalue weighted by Gasteiger charge is -2.47. The summed E-state index contributed by atoms with van der Waals surface area (Å²) in [5.41, 5.74) is 0. The van der Waals surface area contributed by atoms with E-state index in [9.17, 15) is 73.3 Å². The molecule has 0 aliphatic carbocycles. The lowest BCUT2D eigenvalue weighted by Crippen LogP contribution is -2.68. The Labute approximate surface area is 240 Å². The van der Waals surface area contributed by atoms with Gasteiger partial charge in [-0.15, -0.1) is 0 Å². The van der Waals surface area contributed by atoms with Crippen LogP contribution in [0.4, 0.5) is 0 Å². The van der Waals surface area contributed by atoms with E-state index in [1.807, 2.05) is 0 Å². The van der Waals surface area contributed by atoms with Crippen LogP contribution in [0.1, 0.15) is 6.92 Å². The Kier molecular flexibility index (Phi) is 12.5. The molecule has 2 rings (SSSR count). The van der Waals surface area contributed by atoms with Gasteiger partial charge in [0.25, 0.3) is 0 Å². The maximum atomic E-state index is 12.1. The first-order valence-electron chi connectivity index (χ1n) is 11.9. The van der Waals surface area contributed by atoms with Crippen LogP contribution in [0.2, 0.25) is 0 Å². The van der Waals surface area contributed by atoms with E-state index in [-0.39, 0.29) is 0 Å². The minimum atomic E-state index is -5.48. The van der Waals surface area contributed by atoms with Gasteiger partial charge in [-0.25, -0.2) is 13.8 Å². The number of carboxylic acid groups (broad SMARTS) is 2. The molecule has 22 nitrogen and oxygen atoms in total. The van der Waals surface area contributed by atoms with Gasteiger partial charge < -0.3 is 75.3 Å². The number of ether oxygens (including phenoxy) is 4. The van der Waals surface area contributed by atoms with Gasteiger partial charge in [-0.05, 0) is 0 Å². The lowest BCUT2D eigenvalue weighted by atomic mass is 9.95. The van der Waals surface area contributed by atoms with Crippen molar-refractivity contribution >= 4 is 28.2 Å². The number of hydrogen-bond acceptors (Lipinski definition) is 18. The van der Waals surface area contributed by atoms with Crippen molar-refractivity contribution in [3.8, 4) is 0 Å². The van der Waals surface area contributed by atoms with E-state index in [1.54, 1.807) is 0 Å². The number of aliphatic hydroxyl groups is 8. The molecule has 0 unspecified atom stereocenters. The highest BCUT2D eigenvalue weighted by Gasteiger charge is 2.54. The third-order valence-corrected chi connectivity index (χ3v) is 6.50. The second kappa shape index (κ2) is 14.8. The first kappa shape index (κ1) is 36.4. The van der Waals surface area contributed by atoms with E-state index in [0.29, 0.717) is 0 Å². The minimum absolute atomic E-state index is 0.859. The molecule has 23 heteroatoms. The van der Waals surface area contributed by atoms with Crippen LogP contribution in [-0.2, 0) is 47.9 Å². The second-order valence-electron chi connectivity index (χ2n) is 9.11. The van der Waals surface area contributed by atoms with Crippen LogP contribution in [0.25, 0.3) is 0 Å². The molecule has 0 radical (unpaired) electrons. The van der Waals surface area contributed by atoms with Crippen molar-refractivity contribution in [3.05, 3.63) is 11.5 Å². The molecule has 1 saturated heterocycles.